The number of carbonyl (C=O) groups is 3. The first-order chi connectivity index (χ1) is 14.3. The normalized spacial score (nSPS) is 13.6. The minimum Gasteiger partial charge on any atom is -0.467 e. The number of benzene rings is 2. The molecular weight excluding hydrogens is 404 g/mol. The number of rotatable bonds is 9. The molecule has 2 rings (SSSR count). The van der Waals surface area contributed by atoms with Crippen molar-refractivity contribution in [2.45, 2.75) is 44.7 Å². The van der Waals surface area contributed by atoms with Gasteiger partial charge in [-0.1, -0.05) is 67.4 Å². The van der Waals surface area contributed by atoms with E-state index in [0.29, 0.717) is 23.4 Å². The molecule has 2 amide bonds. The lowest BCUT2D eigenvalue weighted by Crippen LogP contribution is -2.53. The summed E-state index contributed by atoms with van der Waals surface area (Å²) in [6.45, 7) is 3.56. The third-order valence-corrected chi connectivity index (χ3v) is 5.15. The highest BCUT2D eigenvalue weighted by molar-refractivity contribution is 6.33. The Morgan fingerprint density at radius 3 is 2.30 bits per heavy atom. The second-order valence-corrected chi connectivity index (χ2v) is 7.65. The minimum absolute atomic E-state index is 0.0451. The molecule has 2 aromatic carbocycles. The summed E-state index contributed by atoms with van der Waals surface area (Å²) in [5, 5.41) is 5.99. The number of nitrogens with one attached hydrogen (secondary N) is 2. The fourth-order valence-corrected chi connectivity index (χ4v) is 3.53. The summed E-state index contributed by atoms with van der Waals surface area (Å²) in [6.07, 6.45) is 1.08. The fraction of sp³-hybridized carbons (Fsp3) is 0.348. The molecule has 7 heteroatoms. The average molecular weight is 431 g/mol. The molecule has 0 radical (unpaired) electrons. The molecule has 160 valence electrons. The van der Waals surface area contributed by atoms with Crippen molar-refractivity contribution >= 4 is 29.4 Å². The molecule has 2 atom stereocenters. The Morgan fingerprint density at radius 2 is 1.70 bits per heavy atom. The van der Waals surface area contributed by atoms with Crippen LogP contribution in [0.25, 0.3) is 0 Å². The van der Waals surface area contributed by atoms with Crippen LogP contribution in [0.3, 0.4) is 0 Å². The topological polar surface area (TPSA) is 84.5 Å². The lowest BCUT2D eigenvalue weighted by atomic mass is 9.95. The maximum Gasteiger partial charge on any atom is 0.331 e. The Labute approximate surface area is 182 Å². The maximum atomic E-state index is 12.8. The molecule has 0 fully saturated rings. The molecule has 0 aliphatic heterocycles. The Hall–Kier alpha value is -2.86. The van der Waals surface area contributed by atoms with Crippen LogP contribution in [0.15, 0.2) is 54.6 Å². The quantitative estimate of drug-likeness (QED) is 0.588. The molecule has 0 spiro atoms. The van der Waals surface area contributed by atoms with Gasteiger partial charge in [0.15, 0.2) is 0 Å². The lowest BCUT2D eigenvalue weighted by molar-refractivity contribution is -0.150. The summed E-state index contributed by atoms with van der Waals surface area (Å²) in [5.74, 6) is -1.26. The van der Waals surface area contributed by atoms with Gasteiger partial charge in [-0.15, -0.1) is 0 Å². The summed E-state index contributed by atoms with van der Waals surface area (Å²) in [7, 11) is 1.29. The molecule has 2 aromatic rings. The summed E-state index contributed by atoms with van der Waals surface area (Å²) in [4.78, 5) is 37.8. The highest BCUT2D eigenvalue weighted by atomic mass is 35.5. The van der Waals surface area contributed by atoms with Crippen molar-refractivity contribution < 1.29 is 19.1 Å². The molecule has 6 nitrogen and oxygen atoms in total. The van der Waals surface area contributed by atoms with E-state index >= 15 is 0 Å². The van der Waals surface area contributed by atoms with Crippen LogP contribution in [0.2, 0.25) is 5.02 Å². The van der Waals surface area contributed by atoms with Crippen LogP contribution in [0.4, 0.5) is 0 Å². The summed E-state index contributed by atoms with van der Waals surface area (Å²) < 4.78 is 4.86. The molecule has 2 unspecified atom stereocenters. The fourth-order valence-electron chi connectivity index (χ4n) is 3.30. The van der Waals surface area contributed by atoms with Crippen molar-refractivity contribution in [3.63, 3.8) is 0 Å². The molecule has 30 heavy (non-hydrogen) atoms. The van der Waals surface area contributed by atoms with Crippen LogP contribution in [-0.2, 0) is 14.3 Å². The largest absolute Gasteiger partial charge is 0.467 e. The number of halogens is 1. The van der Waals surface area contributed by atoms with Gasteiger partial charge in [-0.2, -0.15) is 0 Å². The molecule has 0 heterocycles. The monoisotopic (exact) mass is 430 g/mol. The second kappa shape index (κ2) is 10.8. The van der Waals surface area contributed by atoms with E-state index in [4.69, 9.17) is 16.3 Å². The van der Waals surface area contributed by atoms with E-state index in [1.165, 1.54) is 7.11 Å². The van der Waals surface area contributed by atoms with Crippen LogP contribution in [0.5, 0.6) is 0 Å². The molecule has 0 saturated carbocycles. The number of amides is 2. The molecule has 0 aliphatic rings. The highest BCUT2D eigenvalue weighted by Crippen LogP contribution is 2.22. The third-order valence-electron chi connectivity index (χ3n) is 4.82. The highest BCUT2D eigenvalue weighted by Gasteiger charge is 2.35. The van der Waals surface area contributed by atoms with Crippen LogP contribution < -0.4 is 10.6 Å². The lowest BCUT2D eigenvalue weighted by Gasteiger charge is -2.28. The van der Waals surface area contributed by atoms with Gasteiger partial charge in [0.25, 0.3) is 5.91 Å². The van der Waals surface area contributed by atoms with Crippen LogP contribution in [0, 0.1) is 0 Å². The average Bonchev–Trinajstić information content (AvgIpc) is 2.73. The first kappa shape index (κ1) is 23.4. The molecule has 0 saturated heterocycles. The van der Waals surface area contributed by atoms with E-state index in [1.807, 2.05) is 37.3 Å². The first-order valence-corrected chi connectivity index (χ1v) is 10.2. The zero-order valence-electron chi connectivity index (χ0n) is 17.4. The SMILES string of the molecule is CCCC(C)(NC(=O)CC(NC(=O)c1ccccc1Cl)c1ccccc1)C(=O)OC. The smallest absolute Gasteiger partial charge is 0.331 e. The van der Waals surface area contributed by atoms with Crippen LogP contribution >= 0.6 is 11.6 Å². The zero-order valence-corrected chi connectivity index (χ0v) is 18.2. The van der Waals surface area contributed by atoms with Crippen LogP contribution in [0.1, 0.15) is 55.1 Å². The minimum atomic E-state index is -1.13. The Balaban J connectivity index is 2.22. The van der Waals surface area contributed by atoms with E-state index in [-0.39, 0.29) is 18.2 Å². The Bertz CT molecular complexity index is 888. The van der Waals surface area contributed by atoms with Gasteiger partial charge in [0, 0.05) is 0 Å². The van der Waals surface area contributed by atoms with Gasteiger partial charge in [0.1, 0.15) is 5.54 Å². The molecule has 0 bridgehead atoms. The van der Waals surface area contributed by atoms with E-state index in [9.17, 15) is 14.4 Å². The molecule has 0 aliphatic carbocycles. The third kappa shape index (κ3) is 6.07. The number of hydrogen-bond acceptors (Lipinski definition) is 4. The number of methoxy groups -OCH3 is 1. The first-order valence-electron chi connectivity index (χ1n) is 9.80. The molecular formula is C23H27ClN2O4. The number of carbonyl (C=O) groups excluding carboxylic acids is 3. The van der Waals surface area contributed by atoms with Gasteiger partial charge in [0.2, 0.25) is 5.91 Å². The van der Waals surface area contributed by atoms with E-state index in [1.54, 1.807) is 31.2 Å². The number of hydrogen-bond donors (Lipinski definition) is 2. The number of ether oxygens (including phenoxy) is 1. The van der Waals surface area contributed by atoms with Crippen molar-refractivity contribution in [1.29, 1.82) is 0 Å². The Morgan fingerprint density at radius 1 is 1.07 bits per heavy atom. The van der Waals surface area contributed by atoms with Gasteiger partial charge in [-0.25, -0.2) is 4.79 Å². The summed E-state index contributed by atoms with van der Waals surface area (Å²) >= 11 is 6.14. The van der Waals surface area contributed by atoms with Gasteiger partial charge in [-0.3, -0.25) is 9.59 Å². The van der Waals surface area contributed by atoms with Crippen molar-refractivity contribution in [1.82, 2.24) is 10.6 Å². The van der Waals surface area contributed by atoms with Gasteiger partial charge >= 0.3 is 5.97 Å². The predicted octanol–water partition coefficient (Wildman–Crippen LogP) is 4.05. The number of esters is 1. The maximum absolute atomic E-state index is 12.8. The Kier molecular flexibility index (Phi) is 8.42. The molecule has 2 N–H and O–H groups in total. The van der Waals surface area contributed by atoms with Crippen molar-refractivity contribution in [2.24, 2.45) is 0 Å². The van der Waals surface area contributed by atoms with Crippen LogP contribution in [-0.4, -0.2) is 30.4 Å². The predicted molar refractivity (Wildman–Crippen MR) is 116 cm³/mol. The van der Waals surface area contributed by atoms with Gasteiger partial charge < -0.3 is 15.4 Å². The van der Waals surface area contributed by atoms with Crippen molar-refractivity contribution in [2.75, 3.05) is 7.11 Å². The second-order valence-electron chi connectivity index (χ2n) is 7.24. The van der Waals surface area contributed by atoms with Crippen molar-refractivity contribution in [3.8, 4) is 0 Å². The summed E-state index contributed by atoms with van der Waals surface area (Å²) in [5.41, 5.74) is -0.0385. The van der Waals surface area contributed by atoms with Gasteiger partial charge in [-0.05, 0) is 31.0 Å². The molecule has 0 aromatic heterocycles. The van der Waals surface area contributed by atoms with E-state index in [2.05, 4.69) is 10.6 Å². The van der Waals surface area contributed by atoms with E-state index in [0.717, 1.165) is 5.56 Å². The van der Waals surface area contributed by atoms with Gasteiger partial charge in [0.05, 0.1) is 30.2 Å². The summed E-state index contributed by atoms with van der Waals surface area (Å²) in [6, 6.07) is 15.3. The standard InChI is InChI=1S/C23H27ClN2O4/c1-4-14-23(2,22(29)30-3)26-20(27)15-19(16-10-6-5-7-11-16)25-21(28)17-12-8-9-13-18(17)24/h5-13,19H,4,14-15H2,1-3H3,(H,25,28)(H,26,27). The van der Waals surface area contributed by atoms with Crippen molar-refractivity contribution in [3.05, 3.63) is 70.7 Å². The zero-order chi connectivity index (χ0) is 22.1. The van der Waals surface area contributed by atoms with E-state index < -0.39 is 17.6 Å².